The number of carbonyl (C=O) groups excluding carboxylic acids is 1. The highest BCUT2D eigenvalue weighted by Crippen LogP contribution is 2.18. The summed E-state index contributed by atoms with van der Waals surface area (Å²) in [4.78, 5) is 15.2. The van der Waals surface area contributed by atoms with Crippen molar-refractivity contribution in [2.24, 2.45) is 0 Å². The van der Waals surface area contributed by atoms with Gasteiger partial charge in [-0.25, -0.2) is 4.79 Å². The van der Waals surface area contributed by atoms with Crippen LogP contribution in [-0.4, -0.2) is 73.5 Å². The van der Waals surface area contributed by atoms with Crippen molar-refractivity contribution in [3.05, 3.63) is 0 Å². The molecule has 1 aliphatic heterocycles. The van der Waals surface area contributed by atoms with Gasteiger partial charge >= 0.3 is 12.2 Å². The number of halogens is 3. The van der Waals surface area contributed by atoms with E-state index in [2.05, 4.69) is 5.32 Å². The van der Waals surface area contributed by atoms with Crippen LogP contribution in [-0.2, 0) is 4.74 Å². The maximum absolute atomic E-state index is 12.4. The third-order valence-electron chi connectivity index (χ3n) is 4.00. The minimum atomic E-state index is -4.20. The van der Waals surface area contributed by atoms with Crippen LogP contribution in [0.3, 0.4) is 0 Å². The quantitative estimate of drug-likeness (QED) is 0.837. The summed E-state index contributed by atoms with van der Waals surface area (Å²) in [6.07, 6.45) is -3.00. The third-order valence-corrected chi connectivity index (χ3v) is 4.00. The van der Waals surface area contributed by atoms with E-state index in [1.54, 1.807) is 12.0 Å². The second-order valence-corrected chi connectivity index (χ2v) is 6.75. The van der Waals surface area contributed by atoms with Crippen LogP contribution in [0.15, 0.2) is 0 Å². The monoisotopic (exact) mass is 339 g/mol. The molecule has 1 saturated heterocycles. The smallest absolute Gasteiger partial charge is 0.379 e. The second-order valence-electron chi connectivity index (χ2n) is 6.75. The van der Waals surface area contributed by atoms with Gasteiger partial charge in [0.15, 0.2) is 0 Å². The molecule has 1 atom stereocenters. The number of methoxy groups -OCH3 is 1. The first-order valence-corrected chi connectivity index (χ1v) is 7.92. The van der Waals surface area contributed by atoms with Crippen LogP contribution in [0.5, 0.6) is 0 Å². The molecule has 1 heterocycles. The number of nitrogens with one attached hydrogen (secondary N) is 1. The minimum absolute atomic E-state index is 0.0769. The van der Waals surface area contributed by atoms with E-state index in [4.69, 9.17) is 4.74 Å². The zero-order chi connectivity index (χ0) is 17.7. The number of ether oxygens (including phenoxy) is 1. The molecule has 5 nitrogen and oxygen atoms in total. The Hall–Kier alpha value is -1.02. The van der Waals surface area contributed by atoms with E-state index in [1.165, 1.54) is 4.90 Å². The molecule has 1 aliphatic rings. The summed E-state index contributed by atoms with van der Waals surface area (Å²) in [5.74, 6) is 0. The van der Waals surface area contributed by atoms with Crippen LogP contribution in [0.1, 0.15) is 33.6 Å². The Morgan fingerprint density at radius 1 is 1.22 bits per heavy atom. The molecule has 23 heavy (non-hydrogen) atoms. The summed E-state index contributed by atoms with van der Waals surface area (Å²) in [5.41, 5.74) is -0.338. The number of urea groups is 1. The van der Waals surface area contributed by atoms with Gasteiger partial charge in [0.25, 0.3) is 0 Å². The van der Waals surface area contributed by atoms with Crippen LogP contribution in [0.25, 0.3) is 0 Å². The summed E-state index contributed by atoms with van der Waals surface area (Å²) in [5, 5.41) is 2.90. The molecule has 8 heteroatoms. The highest BCUT2D eigenvalue weighted by Gasteiger charge is 2.32. The molecule has 0 aliphatic carbocycles. The zero-order valence-corrected chi connectivity index (χ0v) is 14.4. The van der Waals surface area contributed by atoms with Gasteiger partial charge in [0.2, 0.25) is 0 Å². The minimum Gasteiger partial charge on any atom is -0.379 e. The maximum atomic E-state index is 12.4. The first kappa shape index (κ1) is 20.0. The molecule has 1 rings (SSSR count). The highest BCUT2D eigenvalue weighted by molar-refractivity contribution is 5.74. The van der Waals surface area contributed by atoms with Crippen molar-refractivity contribution in [3.63, 3.8) is 0 Å². The van der Waals surface area contributed by atoms with E-state index in [0.717, 1.165) is 0 Å². The number of carbonyl (C=O) groups is 1. The third kappa shape index (κ3) is 7.87. The maximum Gasteiger partial charge on any atom is 0.401 e. The zero-order valence-electron chi connectivity index (χ0n) is 14.4. The van der Waals surface area contributed by atoms with Crippen molar-refractivity contribution < 1.29 is 22.7 Å². The number of rotatable bonds is 5. The Balaban J connectivity index is 2.45. The van der Waals surface area contributed by atoms with E-state index in [0.29, 0.717) is 32.5 Å². The van der Waals surface area contributed by atoms with Crippen molar-refractivity contribution >= 4 is 6.03 Å². The molecule has 1 N–H and O–H groups in total. The predicted octanol–water partition coefficient (Wildman–Crippen LogP) is 2.47. The lowest BCUT2D eigenvalue weighted by Crippen LogP contribution is -2.47. The summed E-state index contributed by atoms with van der Waals surface area (Å²) >= 11 is 0. The van der Waals surface area contributed by atoms with Gasteiger partial charge in [-0.2, -0.15) is 13.2 Å². The molecule has 136 valence electrons. The van der Waals surface area contributed by atoms with Gasteiger partial charge in [0.05, 0.1) is 12.1 Å². The highest BCUT2D eigenvalue weighted by atomic mass is 19.4. The topological polar surface area (TPSA) is 44.8 Å². The van der Waals surface area contributed by atoms with E-state index < -0.39 is 12.7 Å². The van der Waals surface area contributed by atoms with E-state index in [-0.39, 0.29) is 24.2 Å². The summed E-state index contributed by atoms with van der Waals surface area (Å²) in [6.45, 7) is 6.24. The Morgan fingerprint density at radius 3 is 2.43 bits per heavy atom. The van der Waals surface area contributed by atoms with Gasteiger partial charge in [0, 0.05) is 39.3 Å². The fourth-order valence-corrected chi connectivity index (χ4v) is 2.76. The molecule has 2 amide bonds. The fraction of sp³-hybridized carbons (Fsp3) is 0.933. The largest absolute Gasteiger partial charge is 0.401 e. The molecule has 0 aromatic heterocycles. The molecule has 0 radical (unpaired) electrons. The first-order valence-electron chi connectivity index (χ1n) is 7.92. The second kappa shape index (κ2) is 8.19. The SMILES string of the molecule is COC(C)(C)C[C@@H](C)NC(=O)N1CCCN(CC(F)(F)F)CC1. The standard InChI is InChI=1S/C15H28F3N3O2/c1-12(10-14(2,3)23-4)19-13(22)21-7-5-6-20(8-9-21)11-15(16,17)18/h12H,5-11H2,1-4H3,(H,19,22)/t12-/m1/s1. The summed E-state index contributed by atoms with van der Waals surface area (Å²) in [6, 6.07) is -0.301. The lowest BCUT2D eigenvalue weighted by Gasteiger charge is -2.29. The van der Waals surface area contributed by atoms with Gasteiger partial charge in [-0.1, -0.05) is 0 Å². The molecule has 0 bridgehead atoms. The van der Waals surface area contributed by atoms with Gasteiger partial charge in [-0.3, -0.25) is 4.90 Å². The van der Waals surface area contributed by atoms with Crippen molar-refractivity contribution in [2.45, 2.75) is 51.4 Å². The van der Waals surface area contributed by atoms with E-state index in [9.17, 15) is 18.0 Å². The Kier molecular flexibility index (Phi) is 7.13. The number of hydrogen-bond donors (Lipinski definition) is 1. The Morgan fingerprint density at radius 2 is 1.87 bits per heavy atom. The molecule has 0 aromatic carbocycles. The van der Waals surface area contributed by atoms with Crippen LogP contribution in [0.2, 0.25) is 0 Å². The predicted molar refractivity (Wildman–Crippen MR) is 82.4 cm³/mol. The Bertz CT molecular complexity index is 389. The van der Waals surface area contributed by atoms with Gasteiger partial charge in [-0.05, 0) is 33.6 Å². The van der Waals surface area contributed by atoms with Gasteiger partial charge < -0.3 is 15.0 Å². The summed E-state index contributed by atoms with van der Waals surface area (Å²) < 4.78 is 42.7. The summed E-state index contributed by atoms with van der Waals surface area (Å²) in [7, 11) is 1.62. The average Bonchev–Trinajstić information content (AvgIpc) is 2.61. The number of amides is 2. The molecule has 0 spiro atoms. The number of nitrogens with zero attached hydrogens (tertiary/aromatic N) is 2. The molecule has 0 aromatic rings. The van der Waals surface area contributed by atoms with Crippen molar-refractivity contribution in [1.82, 2.24) is 15.1 Å². The molecule has 0 unspecified atom stereocenters. The van der Waals surface area contributed by atoms with Gasteiger partial charge in [0.1, 0.15) is 0 Å². The van der Waals surface area contributed by atoms with Crippen LogP contribution in [0, 0.1) is 0 Å². The lowest BCUT2D eigenvalue weighted by molar-refractivity contribution is -0.145. The Labute approximate surface area is 136 Å². The lowest BCUT2D eigenvalue weighted by atomic mass is 10.00. The molecular formula is C15H28F3N3O2. The van der Waals surface area contributed by atoms with E-state index >= 15 is 0 Å². The van der Waals surface area contributed by atoms with E-state index in [1.807, 2.05) is 20.8 Å². The normalized spacial score (nSPS) is 19.3. The van der Waals surface area contributed by atoms with Gasteiger partial charge in [-0.15, -0.1) is 0 Å². The number of alkyl halides is 3. The molecule has 1 fully saturated rings. The van der Waals surface area contributed by atoms with Crippen molar-refractivity contribution in [1.29, 1.82) is 0 Å². The molecule has 0 saturated carbocycles. The van der Waals surface area contributed by atoms with Crippen molar-refractivity contribution in [3.8, 4) is 0 Å². The fourth-order valence-electron chi connectivity index (χ4n) is 2.76. The first-order chi connectivity index (χ1) is 10.5. The van der Waals surface area contributed by atoms with Crippen LogP contribution >= 0.6 is 0 Å². The number of hydrogen-bond acceptors (Lipinski definition) is 3. The van der Waals surface area contributed by atoms with Crippen LogP contribution in [0.4, 0.5) is 18.0 Å². The molecular weight excluding hydrogens is 311 g/mol. The average molecular weight is 339 g/mol. The van der Waals surface area contributed by atoms with Crippen molar-refractivity contribution in [2.75, 3.05) is 39.8 Å². The van der Waals surface area contributed by atoms with Crippen LogP contribution < -0.4 is 5.32 Å².